The maximum Gasteiger partial charge on any atom is 0.0107 e. The highest BCUT2D eigenvalue weighted by Gasteiger charge is 2.10. The fourth-order valence-corrected chi connectivity index (χ4v) is 2.97. The zero-order valence-corrected chi connectivity index (χ0v) is 11.3. The third kappa shape index (κ3) is 5.36. The van der Waals surface area contributed by atoms with Gasteiger partial charge in [-0.2, -0.15) is 0 Å². The van der Waals surface area contributed by atoms with E-state index in [2.05, 4.69) is 15.1 Å². The molecule has 2 aliphatic rings. The van der Waals surface area contributed by atoms with E-state index >= 15 is 0 Å². The average Bonchev–Trinajstić information content (AvgIpc) is 2.41. The van der Waals surface area contributed by atoms with Gasteiger partial charge >= 0.3 is 0 Å². The molecule has 100 valence electrons. The first-order valence-electron chi connectivity index (χ1n) is 7.60. The quantitative estimate of drug-likeness (QED) is 0.710. The Balaban J connectivity index is 1.42. The maximum atomic E-state index is 3.60. The monoisotopic (exact) mass is 239 g/mol. The van der Waals surface area contributed by atoms with Crippen molar-refractivity contribution in [2.75, 3.05) is 52.4 Å². The minimum absolute atomic E-state index is 1.17. The largest absolute Gasteiger partial charge is 0.314 e. The van der Waals surface area contributed by atoms with E-state index in [1.54, 1.807) is 0 Å². The lowest BCUT2D eigenvalue weighted by molar-refractivity contribution is 0.216. The van der Waals surface area contributed by atoms with Gasteiger partial charge in [0.25, 0.3) is 0 Å². The van der Waals surface area contributed by atoms with E-state index in [4.69, 9.17) is 0 Å². The SMILES string of the molecule is C1CCN(CCNCCN2CCCCC2)CC1. The maximum absolute atomic E-state index is 3.60. The summed E-state index contributed by atoms with van der Waals surface area (Å²) in [6.07, 6.45) is 8.53. The van der Waals surface area contributed by atoms with Gasteiger partial charge in [-0.15, -0.1) is 0 Å². The van der Waals surface area contributed by atoms with Crippen LogP contribution in [-0.2, 0) is 0 Å². The molecule has 0 saturated carbocycles. The van der Waals surface area contributed by atoms with Gasteiger partial charge in [-0.05, 0) is 51.9 Å². The van der Waals surface area contributed by atoms with Gasteiger partial charge in [-0.25, -0.2) is 0 Å². The summed E-state index contributed by atoms with van der Waals surface area (Å²) >= 11 is 0. The Morgan fingerprint density at radius 1 is 0.588 bits per heavy atom. The summed E-state index contributed by atoms with van der Waals surface area (Å²) in [7, 11) is 0. The number of rotatable bonds is 6. The van der Waals surface area contributed by atoms with E-state index < -0.39 is 0 Å². The molecular weight excluding hydrogens is 210 g/mol. The van der Waals surface area contributed by atoms with Gasteiger partial charge in [-0.3, -0.25) is 0 Å². The van der Waals surface area contributed by atoms with Gasteiger partial charge in [-0.1, -0.05) is 12.8 Å². The van der Waals surface area contributed by atoms with Crippen molar-refractivity contribution in [2.45, 2.75) is 38.5 Å². The zero-order valence-electron chi connectivity index (χ0n) is 11.3. The van der Waals surface area contributed by atoms with Crippen LogP contribution in [0.3, 0.4) is 0 Å². The number of hydrogen-bond acceptors (Lipinski definition) is 3. The summed E-state index contributed by atoms with van der Waals surface area (Å²) in [6, 6.07) is 0. The van der Waals surface area contributed by atoms with Crippen molar-refractivity contribution in [3.63, 3.8) is 0 Å². The van der Waals surface area contributed by atoms with Gasteiger partial charge < -0.3 is 15.1 Å². The molecule has 0 aromatic carbocycles. The van der Waals surface area contributed by atoms with E-state index in [0.717, 1.165) is 0 Å². The summed E-state index contributed by atoms with van der Waals surface area (Å²) < 4.78 is 0. The van der Waals surface area contributed by atoms with Crippen LogP contribution in [-0.4, -0.2) is 62.2 Å². The Morgan fingerprint density at radius 3 is 1.41 bits per heavy atom. The summed E-state index contributed by atoms with van der Waals surface area (Å²) in [4.78, 5) is 5.22. The number of nitrogens with zero attached hydrogens (tertiary/aromatic N) is 2. The average molecular weight is 239 g/mol. The van der Waals surface area contributed by atoms with E-state index in [9.17, 15) is 0 Å². The molecule has 1 N–H and O–H groups in total. The molecule has 0 aromatic heterocycles. The fraction of sp³-hybridized carbons (Fsp3) is 1.00. The fourth-order valence-electron chi connectivity index (χ4n) is 2.97. The van der Waals surface area contributed by atoms with Crippen LogP contribution in [0.2, 0.25) is 0 Å². The highest BCUT2D eigenvalue weighted by Crippen LogP contribution is 2.08. The molecule has 0 amide bonds. The first kappa shape index (κ1) is 13.3. The second-order valence-corrected chi connectivity index (χ2v) is 5.55. The molecule has 3 heteroatoms. The Kier molecular flexibility index (Phi) is 6.32. The molecule has 0 bridgehead atoms. The van der Waals surface area contributed by atoms with E-state index in [-0.39, 0.29) is 0 Å². The number of nitrogens with one attached hydrogen (secondary N) is 1. The number of hydrogen-bond donors (Lipinski definition) is 1. The summed E-state index contributed by atoms with van der Waals surface area (Å²) in [5.41, 5.74) is 0. The molecule has 2 rings (SSSR count). The van der Waals surface area contributed by atoms with E-state index in [0.29, 0.717) is 0 Å². The van der Waals surface area contributed by atoms with Gasteiger partial charge in [0.05, 0.1) is 0 Å². The molecule has 0 aliphatic carbocycles. The van der Waals surface area contributed by atoms with E-state index in [1.807, 2.05) is 0 Å². The standard InChI is InChI=1S/C14H29N3/c1-3-9-16(10-4-1)13-7-15-8-14-17-11-5-2-6-12-17/h15H,1-14H2. The summed E-state index contributed by atoms with van der Waals surface area (Å²) in [5.74, 6) is 0. The molecule has 0 unspecified atom stereocenters. The minimum atomic E-state index is 1.17. The third-order valence-corrected chi connectivity index (χ3v) is 4.11. The minimum Gasteiger partial charge on any atom is -0.314 e. The molecule has 2 saturated heterocycles. The van der Waals surface area contributed by atoms with E-state index in [1.165, 1.54) is 90.9 Å². The summed E-state index contributed by atoms with van der Waals surface area (Å²) in [5, 5.41) is 3.60. The van der Waals surface area contributed by atoms with Crippen LogP contribution in [0.4, 0.5) is 0 Å². The Bertz CT molecular complexity index is 164. The smallest absolute Gasteiger partial charge is 0.0107 e. The summed E-state index contributed by atoms with van der Waals surface area (Å²) in [6.45, 7) is 10.2. The van der Waals surface area contributed by atoms with Crippen LogP contribution in [0.25, 0.3) is 0 Å². The van der Waals surface area contributed by atoms with Crippen molar-refractivity contribution in [2.24, 2.45) is 0 Å². The first-order valence-corrected chi connectivity index (χ1v) is 7.60. The topological polar surface area (TPSA) is 18.5 Å². The van der Waals surface area contributed by atoms with Crippen LogP contribution >= 0.6 is 0 Å². The Morgan fingerprint density at radius 2 is 1.00 bits per heavy atom. The molecule has 0 radical (unpaired) electrons. The molecule has 0 spiro atoms. The molecule has 2 fully saturated rings. The second kappa shape index (κ2) is 8.06. The normalized spacial score (nSPS) is 24.0. The van der Waals surface area contributed by atoms with Crippen LogP contribution in [0.5, 0.6) is 0 Å². The van der Waals surface area contributed by atoms with Crippen molar-refractivity contribution in [1.29, 1.82) is 0 Å². The van der Waals surface area contributed by atoms with Gasteiger partial charge in [0, 0.05) is 26.2 Å². The van der Waals surface area contributed by atoms with Gasteiger partial charge in [0.15, 0.2) is 0 Å². The Hall–Kier alpha value is -0.120. The Labute approximate surface area is 107 Å². The molecule has 17 heavy (non-hydrogen) atoms. The van der Waals surface area contributed by atoms with Crippen molar-refractivity contribution in [1.82, 2.24) is 15.1 Å². The van der Waals surface area contributed by atoms with Crippen LogP contribution in [0.15, 0.2) is 0 Å². The molecular formula is C14H29N3. The lowest BCUT2D eigenvalue weighted by atomic mass is 10.1. The predicted molar refractivity (Wildman–Crippen MR) is 73.5 cm³/mol. The van der Waals surface area contributed by atoms with Gasteiger partial charge in [0.2, 0.25) is 0 Å². The molecule has 0 aromatic rings. The van der Waals surface area contributed by atoms with Crippen LogP contribution < -0.4 is 5.32 Å². The lowest BCUT2D eigenvalue weighted by Gasteiger charge is -2.28. The van der Waals surface area contributed by atoms with Crippen molar-refractivity contribution in [3.05, 3.63) is 0 Å². The highest BCUT2D eigenvalue weighted by atomic mass is 15.2. The van der Waals surface area contributed by atoms with Crippen LogP contribution in [0, 0.1) is 0 Å². The third-order valence-electron chi connectivity index (χ3n) is 4.11. The molecule has 3 nitrogen and oxygen atoms in total. The second-order valence-electron chi connectivity index (χ2n) is 5.55. The van der Waals surface area contributed by atoms with Crippen LogP contribution in [0.1, 0.15) is 38.5 Å². The van der Waals surface area contributed by atoms with Crippen molar-refractivity contribution < 1.29 is 0 Å². The molecule has 0 atom stereocenters. The molecule has 2 heterocycles. The van der Waals surface area contributed by atoms with Crippen molar-refractivity contribution >= 4 is 0 Å². The zero-order chi connectivity index (χ0) is 11.8. The first-order chi connectivity index (χ1) is 8.45. The molecule has 2 aliphatic heterocycles. The van der Waals surface area contributed by atoms with Gasteiger partial charge in [0.1, 0.15) is 0 Å². The number of piperidine rings is 2. The lowest BCUT2D eigenvalue weighted by Crippen LogP contribution is -2.39. The predicted octanol–water partition coefficient (Wildman–Crippen LogP) is 1.55. The van der Waals surface area contributed by atoms with Crippen molar-refractivity contribution in [3.8, 4) is 0 Å². The number of likely N-dealkylation sites (tertiary alicyclic amines) is 2. The highest BCUT2D eigenvalue weighted by molar-refractivity contribution is 4.67.